The van der Waals surface area contributed by atoms with E-state index in [2.05, 4.69) is 30.4 Å². The zero-order valence-electron chi connectivity index (χ0n) is 12.9. The highest BCUT2D eigenvalue weighted by Gasteiger charge is 2.46. The minimum Gasteiger partial charge on any atom is -0.311 e. The number of hydrogen-bond donors (Lipinski definition) is 0. The maximum atomic E-state index is 6.35. The summed E-state index contributed by atoms with van der Waals surface area (Å²) in [5.74, 6) is 1.70. The highest BCUT2D eigenvalue weighted by Crippen LogP contribution is 2.53. The molecule has 3 rings (SSSR count). The fourth-order valence-electron chi connectivity index (χ4n) is 3.09. The molecule has 0 radical (unpaired) electrons. The molecule has 0 saturated heterocycles. The molecule has 0 amide bonds. The van der Waals surface area contributed by atoms with E-state index in [1.54, 1.807) is 0 Å². The summed E-state index contributed by atoms with van der Waals surface area (Å²) in [6, 6.07) is 0. The number of nitrogens with zero attached hydrogens (tertiary/aromatic N) is 4. The number of aromatic nitrogens is 4. The predicted octanol–water partition coefficient (Wildman–Crippen LogP) is 3.68. The van der Waals surface area contributed by atoms with E-state index in [4.69, 9.17) is 16.6 Å². The molecule has 0 aliphatic heterocycles. The van der Waals surface area contributed by atoms with Gasteiger partial charge in [-0.1, -0.05) is 20.8 Å². The van der Waals surface area contributed by atoms with Gasteiger partial charge in [-0.15, -0.1) is 11.6 Å². The third kappa shape index (κ3) is 2.05. The minimum absolute atomic E-state index is 0.0750. The molecule has 4 nitrogen and oxygen atoms in total. The van der Waals surface area contributed by atoms with Crippen LogP contribution in [0.5, 0.6) is 0 Å². The minimum atomic E-state index is -0.0750. The zero-order valence-corrected chi connectivity index (χ0v) is 13.7. The summed E-state index contributed by atoms with van der Waals surface area (Å²) in [7, 11) is 2.00. The van der Waals surface area contributed by atoms with Gasteiger partial charge in [0.15, 0.2) is 5.65 Å². The Morgan fingerprint density at radius 3 is 2.60 bits per heavy atom. The molecule has 2 unspecified atom stereocenters. The van der Waals surface area contributed by atoms with Gasteiger partial charge in [-0.3, -0.25) is 4.68 Å². The summed E-state index contributed by atoms with van der Waals surface area (Å²) >= 11 is 6.35. The molecule has 5 heteroatoms. The van der Waals surface area contributed by atoms with E-state index in [0.717, 1.165) is 35.6 Å². The smallest absolute Gasteiger partial charge is 0.158 e. The Bertz CT molecular complexity index is 650. The van der Waals surface area contributed by atoms with Crippen molar-refractivity contribution >= 4 is 22.8 Å². The molecule has 2 aromatic heterocycles. The number of hydrogen-bond acceptors (Lipinski definition) is 2. The SMILES string of the molecule is CCc1nn(C)c2c1nc(C(C)Cl)n2CC1CC1(C)C. The second-order valence-electron chi connectivity index (χ2n) is 6.68. The van der Waals surface area contributed by atoms with Crippen LogP contribution in [0.25, 0.3) is 11.2 Å². The lowest BCUT2D eigenvalue weighted by Gasteiger charge is -2.12. The fraction of sp³-hybridized carbons (Fsp3) is 0.733. The summed E-state index contributed by atoms with van der Waals surface area (Å²) in [6.45, 7) is 9.77. The first-order valence-corrected chi connectivity index (χ1v) is 7.85. The van der Waals surface area contributed by atoms with Crippen LogP contribution in [0.1, 0.15) is 51.0 Å². The lowest BCUT2D eigenvalue weighted by Crippen LogP contribution is -2.11. The molecule has 110 valence electrons. The second kappa shape index (κ2) is 4.48. The molecular formula is C15H23ClN4. The Labute approximate surface area is 125 Å². The van der Waals surface area contributed by atoms with E-state index in [1.807, 2.05) is 18.7 Å². The largest absolute Gasteiger partial charge is 0.311 e. The number of imidazole rings is 1. The third-order valence-corrected chi connectivity index (χ3v) is 4.83. The normalized spacial score (nSPS) is 22.4. The molecule has 0 aromatic carbocycles. The van der Waals surface area contributed by atoms with Gasteiger partial charge in [0.25, 0.3) is 0 Å². The number of aryl methyl sites for hydroxylation is 2. The molecule has 2 aromatic rings. The summed E-state index contributed by atoms with van der Waals surface area (Å²) in [5, 5.41) is 4.51. The van der Waals surface area contributed by atoms with Crippen molar-refractivity contribution in [3.8, 4) is 0 Å². The van der Waals surface area contributed by atoms with Gasteiger partial charge in [0.05, 0.1) is 11.1 Å². The van der Waals surface area contributed by atoms with Gasteiger partial charge in [-0.05, 0) is 31.1 Å². The van der Waals surface area contributed by atoms with Crippen molar-refractivity contribution in [2.24, 2.45) is 18.4 Å². The number of rotatable bonds is 4. The van der Waals surface area contributed by atoms with E-state index >= 15 is 0 Å². The number of halogens is 1. The van der Waals surface area contributed by atoms with Crippen molar-refractivity contribution < 1.29 is 0 Å². The van der Waals surface area contributed by atoms with Crippen molar-refractivity contribution in [2.75, 3.05) is 0 Å². The van der Waals surface area contributed by atoms with Crippen LogP contribution in [0.2, 0.25) is 0 Å². The van der Waals surface area contributed by atoms with Gasteiger partial charge < -0.3 is 4.57 Å². The van der Waals surface area contributed by atoms with Gasteiger partial charge in [0.1, 0.15) is 11.3 Å². The van der Waals surface area contributed by atoms with E-state index in [1.165, 1.54) is 6.42 Å². The van der Waals surface area contributed by atoms with E-state index in [-0.39, 0.29) is 5.38 Å². The summed E-state index contributed by atoms with van der Waals surface area (Å²) < 4.78 is 4.25. The van der Waals surface area contributed by atoms with Crippen molar-refractivity contribution in [1.82, 2.24) is 19.3 Å². The van der Waals surface area contributed by atoms with Gasteiger partial charge in [0, 0.05) is 13.6 Å². The Balaban J connectivity index is 2.11. The number of alkyl halides is 1. The van der Waals surface area contributed by atoms with Gasteiger partial charge in [0.2, 0.25) is 0 Å². The summed E-state index contributed by atoms with van der Waals surface area (Å²) in [5.41, 5.74) is 3.66. The maximum Gasteiger partial charge on any atom is 0.158 e. The van der Waals surface area contributed by atoms with Gasteiger partial charge in [-0.25, -0.2) is 4.98 Å². The Hall–Kier alpha value is -1.03. The van der Waals surface area contributed by atoms with Crippen LogP contribution in [0.4, 0.5) is 0 Å². The molecule has 0 bridgehead atoms. The molecule has 2 heterocycles. The molecular weight excluding hydrogens is 272 g/mol. The first-order valence-electron chi connectivity index (χ1n) is 7.41. The molecule has 1 aliphatic rings. The standard InChI is InChI=1S/C15H23ClN4/c1-6-11-12-14(19(5)18-11)20(13(17-12)9(2)16)8-10-7-15(10,3)4/h9-10H,6-8H2,1-5H3. The molecule has 20 heavy (non-hydrogen) atoms. The Morgan fingerprint density at radius 2 is 2.10 bits per heavy atom. The van der Waals surface area contributed by atoms with Gasteiger partial charge in [-0.2, -0.15) is 5.10 Å². The predicted molar refractivity (Wildman–Crippen MR) is 82.0 cm³/mol. The molecule has 1 saturated carbocycles. The highest BCUT2D eigenvalue weighted by atomic mass is 35.5. The van der Waals surface area contributed by atoms with Crippen LogP contribution >= 0.6 is 11.6 Å². The van der Waals surface area contributed by atoms with Crippen molar-refractivity contribution in [1.29, 1.82) is 0 Å². The highest BCUT2D eigenvalue weighted by molar-refractivity contribution is 6.20. The average molecular weight is 295 g/mol. The quantitative estimate of drug-likeness (QED) is 0.807. The zero-order chi connectivity index (χ0) is 14.7. The van der Waals surface area contributed by atoms with Crippen LogP contribution < -0.4 is 0 Å². The molecule has 0 N–H and O–H groups in total. The van der Waals surface area contributed by atoms with Crippen molar-refractivity contribution in [2.45, 2.75) is 52.5 Å². The number of fused-ring (bicyclic) bond motifs is 1. The fourth-order valence-corrected chi connectivity index (χ4v) is 3.26. The van der Waals surface area contributed by atoms with Crippen LogP contribution in [-0.2, 0) is 20.0 Å². The van der Waals surface area contributed by atoms with Crippen molar-refractivity contribution in [3.63, 3.8) is 0 Å². The lowest BCUT2D eigenvalue weighted by atomic mass is 10.1. The van der Waals surface area contributed by atoms with Crippen LogP contribution in [0, 0.1) is 11.3 Å². The van der Waals surface area contributed by atoms with Gasteiger partial charge >= 0.3 is 0 Å². The van der Waals surface area contributed by atoms with Crippen LogP contribution in [0.3, 0.4) is 0 Å². The monoisotopic (exact) mass is 294 g/mol. The molecule has 1 aliphatic carbocycles. The first kappa shape index (κ1) is 13.9. The van der Waals surface area contributed by atoms with E-state index < -0.39 is 0 Å². The van der Waals surface area contributed by atoms with E-state index in [9.17, 15) is 0 Å². The maximum absolute atomic E-state index is 6.35. The average Bonchev–Trinajstić information content (AvgIpc) is 2.74. The van der Waals surface area contributed by atoms with E-state index in [0.29, 0.717) is 11.3 Å². The summed E-state index contributed by atoms with van der Waals surface area (Å²) in [4.78, 5) is 4.78. The second-order valence-corrected chi connectivity index (χ2v) is 7.34. The summed E-state index contributed by atoms with van der Waals surface area (Å²) in [6.07, 6.45) is 2.18. The lowest BCUT2D eigenvalue weighted by molar-refractivity contribution is 0.490. The molecule has 1 fully saturated rings. The Kier molecular flexibility index (Phi) is 3.12. The van der Waals surface area contributed by atoms with Crippen LogP contribution in [-0.4, -0.2) is 19.3 Å². The topological polar surface area (TPSA) is 35.6 Å². The third-order valence-electron chi connectivity index (χ3n) is 4.63. The first-order chi connectivity index (χ1) is 9.35. The molecule has 2 atom stereocenters. The van der Waals surface area contributed by atoms with Crippen LogP contribution in [0.15, 0.2) is 0 Å². The van der Waals surface area contributed by atoms with Crippen molar-refractivity contribution in [3.05, 3.63) is 11.5 Å². The Morgan fingerprint density at radius 1 is 1.45 bits per heavy atom. The molecule has 0 spiro atoms.